The normalized spacial score (nSPS) is 11.2. The fraction of sp³-hybridized carbons (Fsp3) is 0.938. The Labute approximate surface area is 225 Å². The summed E-state index contributed by atoms with van der Waals surface area (Å²) >= 11 is 0. The maximum atomic E-state index is 11.7. The molecule has 0 aliphatic rings. The Hall–Kier alpha value is -1.06. The van der Waals surface area contributed by atoms with Gasteiger partial charge in [0.1, 0.15) is 0 Å². The monoisotopic (exact) mass is 510 g/mol. The molecule has 0 aromatic carbocycles. The first-order chi connectivity index (χ1) is 17.6. The second kappa shape index (κ2) is 28.5. The predicted octanol–water partition coefficient (Wildman–Crippen LogP) is 10.1. The van der Waals surface area contributed by atoms with Crippen LogP contribution in [0.4, 0.5) is 0 Å². The molecule has 0 fully saturated rings. The smallest absolute Gasteiger partial charge is 0.306 e. The lowest BCUT2D eigenvalue weighted by Crippen LogP contribution is -2.11. The molecule has 0 spiro atoms. The molecule has 0 radical (unpaired) electrons. The van der Waals surface area contributed by atoms with Gasteiger partial charge in [-0.05, 0) is 25.2 Å². The van der Waals surface area contributed by atoms with E-state index in [-0.39, 0.29) is 24.8 Å². The van der Waals surface area contributed by atoms with E-state index in [1.807, 2.05) is 0 Å². The van der Waals surface area contributed by atoms with Crippen molar-refractivity contribution in [3.05, 3.63) is 0 Å². The molecular formula is C32H62O4. The Morgan fingerprint density at radius 3 is 1.11 bits per heavy atom. The van der Waals surface area contributed by atoms with Crippen molar-refractivity contribution in [2.24, 2.45) is 5.92 Å². The number of hydrogen-bond acceptors (Lipinski definition) is 4. The number of unbranched alkanes of at least 4 members (excludes halogenated alkanes) is 19. The van der Waals surface area contributed by atoms with Gasteiger partial charge in [-0.3, -0.25) is 9.59 Å². The summed E-state index contributed by atoms with van der Waals surface area (Å²) < 4.78 is 10.4. The van der Waals surface area contributed by atoms with Crippen LogP contribution in [0.25, 0.3) is 0 Å². The summed E-state index contributed by atoms with van der Waals surface area (Å²) in [5.74, 6) is 0.0362. The number of rotatable bonds is 28. The third-order valence-electron chi connectivity index (χ3n) is 6.98. The van der Waals surface area contributed by atoms with Crippen LogP contribution >= 0.6 is 0 Å². The van der Waals surface area contributed by atoms with Crippen LogP contribution in [0.5, 0.6) is 0 Å². The van der Waals surface area contributed by atoms with Gasteiger partial charge in [0.2, 0.25) is 0 Å². The number of hydrogen-bond donors (Lipinski definition) is 0. The molecule has 0 N–H and O–H groups in total. The minimum absolute atomic E-state index is 0.125. The molecule has 0 saturated carbocycles. The van der Waals surface area contributed by atoms with Crippen LogP contribution < -0.4 is 0 Å². The van der Waals surface area contributed by atoms with E-state index < -0.39 is 0 Å². The standard InChI is InChI=1S/C32H62O4/c1-4-5-6-7-8-9-10-11-12-13-14-15-16-17-18-19-20-21-22-23-28-35-31(33)26-27-32(34)36-29-24-25-30(2)3/h30H,4-29H2,1-3H3. The molecule has 0 rings (SSSR count). The topological polar surface area (TPSA) is 52.6 Å². The zero-order valence-corrected chi connectivity index (χ0v) is 24.6. The Kier molecular flexibility index (Phi) is 27.7. The molecule has 0 bridgehead atoms. The van der Waals surface area contributed by atoms with Gasteiger partial charge >= 0.3 is 11.9 Å². The van der Waals surface area contributed by atoms with Crippen LogP contribution in [0.1, 0.15) is 175 Å². The summed E-state index contributed by atoms with van der Waals surface area (Å²) in [5.41, 5.74) is 0. The second-order valence-electron chi connectivity index (χ2n) is 11.2. The molecule has 214 valence electrons. The van der Waals surface area contributed by atoms with Crippen molar-refractivity contribution >= 4 is 11.9 Å². The van der Waals surface area contributed by atoms with E-state index in [1.165, 1.54) is 116 Å². The van der Waals surface area contributed by atoms with Gasteiger partial charge in [0.05, 0.1) is 26.1 Å². The summed E-state index contributed by atoms with van der Waals surface area (Å²) in [6.07, 6.45) is 29.4. The Bertz CT molecular complexity index is 475. The average Bonchev–Trinajstić information content (AvgIpc) is 2.86. The highest BCUT2D eigenvalue weighted by molar-refractivity contribution is 5.77. The maximum absolute atomic E-state index is 11.7. The molecule has 0 unspecified atom stereocenters. The van der Waals surface area contributed by atoms with Gasteiger partial charge in [0, 0.05) is 0 Å². The van der Waals surface area contributed by atoms with Crippen LogP contribution in [-0.4, -0.2) is 25.2 Å². The van der Waals surface area contributed by atoms with Gasteiger partial charge in [0.15, 0.2) is 0 Å². The fourth-order valence-electron chi connectivity index (χ4n) is 4.57. The van der Waals surface area contributed by atoms with Gasteiger partial charge in [-0.15, -0.1) is 0 Å². The van der Waals surface area contributed by atoms with Gasteiger partial charge in [-0.25, -0.2) is 0 Å². The van der Waals surface area contributed by atoms with Crippen molar-refractivity contribution in [3.8, 4) is 0 Å². The number of ether oxygens (including phenoxy) is 2. The van der Waals surface area contributed by atoms with Crippen LogP contribution in [0.2, 0.25) is 0 Å². The van der Waals surface area contributed by atoms with Crippen molar-refractivity contribution in [2.45, 2.75) is 175 Å². The molecule has 0 amide bonds. The van der Waals surface area contributed by atoms with Crippen molar-refractivity contribution in [1.82, 2.24) is 0 Å². The first-order valence-electron chi connectivity index (χ1n) is 15.9. The van der Waals surface area contributed by atoms with Gasteiger partial charge in [0.25, 0.3) is 0 Å². The van der Waals surface area contributed by atoms with Crippen molar-refractivity contribution in [3.63, 3.8) is 0 Å². The van der Waals surface area contributed by atoms with Crippen molar-refractivity contribution < 1.29 is 19.1 Å². The van der Waals surface area contributed by atoms with Crippen LogP contribution in [0.15, 0.2) is 0 Å². The highest BCUT2D eigenvalue weighted by Gasteiger charge is 2.09. The number of carbonyl (C=O) groups excluding carboxylic acids is 2. The first kappa shape index (κ1) is 34.9. The minimum Gasteiger partial charge on any atom is -0.466 e. The largest absolute Gasteiger partial charge is 0.466 e. The van der Waals surface area contributed by atoms with Crippen molar-refractivity contribution in [1.29, 1.82) is 0 Å². The third-order valence-corrected chi connectivity index (χ3v) is 6.98. The van der Waals surface area contributed by atoms with E-state index in [2.05, 4.69) is 20.8 Å². The molecule has 0 saturated heterocycles. The van der Waals surface area contributed by atoms with E-state index in [0.717, 1.165) is 25.7 Å². The molecule has 0 aromatic rings. The molecule has 0 aromatic heterocycles. The number of esters is 2. The molecule has 0 aliphatic carbocycles. The number of carbonyl (C=O) groups is 2. The van der Waals surface area contributed by atoms with Gasteiger partial charge in [-0.1, -0.05) is 143 Å². The second-order valence-corrected chi connectivity index (χ2v) is 11.2. The Balaban J connectivity index is 3.21. The zero-order chi connectivity index (χ0) is 26.5. The lowest BCUT2D eigenvalue weighted by molar-refractivity contribution is -0.150. The molecule has 0 aliphatic heterocycles. The predicted molar refractivity (Wildman–Crippen MR) is 153 cm³/mol. The first-order valence-corrected chi connectivity index (χ1v) is 15.9. The van der Waals surface area contributed by atoms with Crippen molar-refractivity contribution in [2.75, 3.05) is 13.2 Å². The highest BCUT2D eigenvalue weighted by atomic mass is 16.5. The highest BCUT2D eigenvalue weighted by Crippen LogP contribution is 2.15. The van der Waals surface area contributed by atoms with E-state index in [1.54, 1.807) is 0 Å². The fourth-order valence-corrected chi connectivity index (χ4v) is 4.57. The van der Waals surface area contributed by atoms with Gasteiger partial charge < -0.3 is 9.47 Å². The zero-order valence-electron chi connectivity index (χ0n) is 24.6. The molecule has 36 heavy (non-hydrogen) atoms. The average molecular weight is 511 g/mol. The molecule has 0 atom stereocenters. The molecule has 0 heterocycles. The van der Waals surface area contributed by atoms with Crippen LogP contribution in [-0.2, 0) is 19.1 Å². The SMILES string of the molecule is CCCCCCCCCCCCCCCCCCCCCCOC(=O)CCC(=O)OCCCC(C)C. The van der Waals surface area contributed by atoms with Crippen LogP contribution in [0, 0.1) is 5.92 Å². The molecule has 4 nitrogen and oxygen atoms in total. The minimum atomic E-state index is -0.297. The summed E-state index contributed by atoms with van der Waals surface area (Å²) in [6.45, 7) is 7.51. The summed E-state index contributed by atoms with van der Waals surface area (Å²) in [5, 5.41) is 0. The molecule has 4 heteroatoms. The lowest BCUT2D eigenvalue weighted by Gasteiger charge is -2.07. The van der Waals surface area contributed by atoms with Gasteiger partial charge in [-0.2, -0.15) is 0 Å². The third kappa shape index (κ3) is 29.2. The Morgan fingerprint density at radius 2 is 0.778 bits per heavy atom. The lowest BCUT2D eigenvalue weighted by atomic mass is 10.0. The van der Waals surface area contributed by atoms with Crippen LogP contribution in [0.3, 0.4) is 0 Å². The van der Waals surface area contributed by atoms with E-state index in [0.29, 0.717) is 19.1 Å². The molecular weight excluding hydrogens is 448 g/mol. The van der Waals surface area contributed by atoms with E-state index >= 15 is 0 Å². The maximum Gasteiger partial charge on any atom is 0.306 e. The summed E-state index contributed by atoms with van der Waals surface area (Å²) in [4.78, 5) is 23.4. The quantitative estimate of drug-likeness (QED) is 0.0776. The summed E-state index contributed by atoms with van der Waals surface area (Å²) in [6, 6.07) is 0. The summed E-state index contributed by atoms with van der Waals surface area (Å²) in [7, 11) is 0. The Morgan fingerprint density at radius 1 is 0.472 bits per heavy atom. The van der Waals surface area contributed by atoms with E-state index in [4.69, 9.17) is 9.47 Å². The van der Waals surface area contributed by atoms with E-state index in [9.17, 15) is 9.59 Å².